The van der Waals surface area contributed by atoms with E-state index >= 15 is 0 Å². The van der Waals surface area contributed by atoms with Gasteiger partial charge in [-0.25, -0.2) is 21.6 Å². The number of ether oxygens (including phenoxy) is 1. The Kier molecular flexibility index (Phi) is 6.02. The molecule has 1 aromatic rings. The maximum Gasteiger partial charge on any atom is 0.242 e. The van der Waals surface area contributed by atoms with Gasteiger partial charge in [-0.1, -0.05) is 0 Å². The van der Waals surface area contributed by atoms with Gasteiger partial charge in [-0.05, 0) is 32.9 Å². The number of anilines is 1. The number of hydrogen-bond acceptors (Lipinski definition) is 6. The molecule has 0 aliphatic carbocycles. The molecule has 0 aliphatic rings. The van der Waals surface area contributed by atoms with Crippen LogP contribution in [0.25, 0.3) is 0 Å². The Morgan fingerprint density at radius 1 is 1.22 bits per heavy atom. The van der Waals surface area contributed by atoms with Crippen LogP contribution in [-0.4, -0.2) is 41.8 Å². The monoisotopic (exact) mass is 365 g/mol. The van der Waals surface area contributed by atoms with Crippen molar-refractivity contribution >= 4 is 25.7 Å². The van der Waals surface area contributed by atoms with Gasteiger partial charge < -0.3 is 10.5 Å². The van der Waals surface area contributed by atoms with Crippen molar-refractivity contribution in [3.63, 3.8) is 0 Å². The molecule has 0 fully saturated rings. The average Bonchev–Trinajstić information content (AvgIpc) is 2.44. The lowest BCUT2D eigenvalue weighted by atomic mass is 10.1. The van der Waals surface area contributed by atoms with Gasteiger partial charge in [0.05, 0.1) is 18.6 Å². The number of methoxy groups -OCH3 is 1. The van der Waals surface area contributed by atoms with Gasteiger partial charge in [-0.15, -0.1) is 0 Å². The molecule has 1 aromatic carbocycles. The summed E-state index contributed by atoms with van der Waals surface area (Å²) in [4.78, 5) is -0.195. The maximum atomic E-state index is 12.4. The molecule has 0 unspecified atom stereocenters. The van der Waals surface area contributed by atoms with Crippen LogP contribution in [0.3, 0.4) is 0 Å². The van der Waals surface area contributed by atoms with Gasteiger partial charge in [0, 0.05) is 18.2 Å². The van der Waals surface area contributed by atoms with Gasteiger partial charge in [0.2, 0.25) is 20.0 Å². The van der Waals surface area contributed by atoms with Crippen LogP contribution < -0.4 is 19.9 Å². The van der Waals surface area contributed by atoms with Gasteiger partial charge in [-0.3, -0.25) is 4.72 Å². The quantitative estimate of drug-likeness (QED) is 0.614. The van der Waals surface area contributed by atoms with E-state index in [0.717, 1.165) is 0 Å². The van der Waals surface area contributed by atoms with E-state index in [2.05, 4.69) is 9.44 Å². The van der Waals surface area contributed by atoms with Crippen LogP contribution in [-0.2, 0) is 20.0 Å². The molecule has 0 aliphatic heterocycles. The van der Waals surface area contributed by atoms with E-state index in [1.807, 2.05) is 0 Å². The Bertz CT molecular complexity index is 752. The molecule has 0 heterocycles. The van der Waals surface area contributed by atoms with Crippen molar-refractivity contribution in [2.45, 2.75) is 31.2 Å². The highest BCUT2D eigenvalue weighted by Gasteiger charge is 2.24. The minimum absolute atomic E-state index is 0.00132. The first-order chi connectivity index (χ1) is 10.4. The molecule has 132 valence electrons. The molecule has 0 saturated heterocycles. The van der Waals surface area contributed by atoms with Gasteiger partial charge in [-0.2, -0.15) is 0 Å². The summed E-state index contributed by atoms with van der Waals surface area (Å²) in [5, 5.41) is 0. The number of benzene rings is 1. The van der Waals surface area contributed by atoms with E-state index in [-0.39, 0.29) is 22.9 Å². The summed E-state index contributed by atoms with van der Waals surface area (Å²) >= 11 is 0. The average molecular weight is 365 g/mol. The molecule has 4 N–H and O–H groups in total. The highest BCUT2D eigenvalue weighted by molar-refractivity contribution is 7.93. The van der Waals surface area contributed by atoms with Crippen molar-refractivity contribution in [2.24, 2.45) is 5.73 Å². The molecular formula is C13H23N3O5S2. The minimum atomic E-state index is -3.94. The molecule has 0 bridgehead atoms. The summed E-state index contributed by atoms with van der Waals surface area (Å²) in [6, 6.07) is 4.03. The van der Waals surface area contributed by atoms with Crippen LogP contribution in [0.4, 0.5) is 5.69 Å². The summed E-state index contributed by atoms with van der Waals surface area (Å²) in [7, 11) is -6.19. The fraction of sp³-hybridized carbons (Fsp3) is 0.538. The Labute approximate surface area is 137 Å². The van der Waals surface area contributed by atoms with Crippen molar-refractivity contribution in [2.75, 3.05) is 24.1 Å². The molecule has 10 heteroatoms. The van der Waals surface area contributed by atoms with E-state index in [9.17, 15) is 16.8 Å². The van der Waals surface area contributed by atoms with Crippen LogP contribution in [0.5, 0.6) is 5.75 Å². The molecule has 0 saturated carbocycles. The minimum Gasteiger partial charge on any atom is -0.497 e. The third-order valence-corrected chi connectivity index (χ3v) is 5.59. The third kappa shape index (κ3) is 5.98. The standard InChI is InChI=1S/C13H23N3O5S2/c1-5-22(17,18)16-11-8-10(21-4)6-7-12(11)23(19,20)15-9-13(2,3)14/h6-8,15-16H,5,9,14H2,1-4H3. The highest BCUT2D eigenvalue weighted by atomic mass is 32.2. The molecule has 0 aromatic heterocycles. The molecule has 0 radical (unpaired) electrons. The van der Waals surface area contributed by atoms with Crippen LogP contribution in [0.15, 0.2) is 23.1 Å². The summed E-state index contributed by atoms with van der Waals surface area (Å²) in [6.07, 6.45) is 0. The Hall–Kier alpha value is -1.36. The second-order valence-electron chi connectivity index (χ2n) is 5.68. The molecule has 8 nitrogen and oxygen atoms in total. The largest absolute Gasteiger partial charge is 0.497 e. The van der Waals surface area contributed by atoms with Crippen LogP contribution in [0.1, 0.15) is 20.8 Å². The summed E-state index contributed by atoms with van der Waals surface area (Å²) in [5.41, 5.74) is 4.95. The first kappa shape index (κ1) is 19.7. The van der Waals surface area contributed by atoms with E-state index in [0.29, 0.717) is 5.75 Å². The van der Waals surface area contributed by atoms with Crippen molar-refractivity contribution in [1.82, 2.24) is 4.72 Å². The Morgan fingerprint density at radius 3 is 2.30 bits per heavy atom. The van der Waals surface area contributed by atoms with Gasteiger partial charge in [0.15, 0.2) is 0 Å². The van der Waals surface area contributed by atoms with E-state index in [1.165, 1.54) is 32.2 Å². The van der Waals surface area contributed by atoms with Crippen molar-refractivity contribution in [3.05, 3.63) is 18.2 Å². The van der Waals surface area contributed by atoms with Crippen molar-refractivity contribution < 1.29 is 21.6 Å². The third-order valence-electron chi connectivity index (χ3n) is 2.84. The van der Waals surface area contributed by atoms with E-state index < -0.39 is 25.6 Å². The van der Waals surface area contributed by atoms with Crippen molar-refractivity contribution in [3.8, 4) is 5.75 Å². The number of nitrogens with one attached hydrogen (secondary N) is 2. The van der Waals surface area contributed by atoms with Gasteiger partial charge in [0.25, 0.3) is 0 Å². The molecule has 23 heavy (non-hydrogen) atoms. The fourth-order valence-corrected chi connectivity index (χ4v) is 3.63. The Morgan fingerprint density at radius 2 is 1.83 bits per heavy atom. The first-order valence-corrected chi connectivity index (χ1v) is 10.0. The molecule has 0 amide bonds. The summed E-state index contributed by atoms with van der Waals surface area (Å²) in [6.45, 7) is 4.79. The number of hydrogen-bond donors (Lipinski definition) is 3. The molecular weight excluding hydrogens is 342 g/mol. The topological polar surface area (TPSA) is 128 Å². The lowest BCUT2D eigenvalue weighted by molar-refractivity contribution is 0.414. The lowest BCUT2D eigenvalue weighted by Gasteiger charge is -2.20. The van der Waals surface area contributed by atoms with E-state index in [4.69, 9.17) is 10.5 Å². The summed E-state index contributed by atoms with van der Waals surface area (Å²) < 4.78 is 58.1. The predicted molar refractivity (Wildman–Crippen MR) is 89.5 cm³/mol. The zero-order valence-corrected chi connectivity index (χ0v) is 15.2. The zero-order chi connectivity index (χ0) is 17.9. The highest BCUT2D eigenvalue weighted by Crippen LogP contribution is 2.27. The maximum absolute atomic E-state index is 12.4. The predicted octanol–water partition coefficient (Wildman–Crippen LogP) is 0.472. The number of nitrogens with two attached hydrogens (primary N) is 1. The lowest BCUT2D eigenvalue weighted by Crippen LogP contribution is -2.45. The first-order valence-electron chi connectivity index (χ1n) is 6.87. The fourth-order valence-electron chi connectivity index (χ4n) is 1.55. The number of rotatable bonds is 8. The van der Waals surface area contributed by atoms with Gasteiger partial charge >= 0.3 is 0 Å². The second kappa shape index (κ2) is 7.04. The zero-order valence-electron chi connectivity index (χ0n) is 13.6. The van der Waals surface area contributed by atoms with Crippen molar-refractivity contribution in [1.29, 1.82) is 0 Å². The molecule has 1 rings (SSSR count). The smallest absolute Gasteiger partial charge is 0.242 e. The van der Waals surface area contributed by atoms with Crippen LogP contribution in [0, 0.1) is 0 Å². The van der Waals surface area contributed by atoms with Crippen LogP contribution >= 0.6 is 0 Å². The Balaban J connectivity index is 3.29. The van der Waals surface area contributed by atoms with Gasteiger partial charge in [0.1, 0.15) is 10.6 Å². The SMILES string of the molecule is CCS(=O)(=O)Nc1cc(OC)ccc1S(=O)(=O)NCC(C)(C)N. The number of sulfonamides is 2. The van der Waals surface area contributed by atoms with Crippen LogP contribution in [0.2, 0.25) is 0 Å². The second-order valence-corrected chi connectivity index (χ2v) is 9.43. The van der Waals surface area contributed by atoms with E-state index in [1.54, 1.807) is 13.8 Å². The molecule has 0 atom stereocenters. The normalized spacial score (nSPS) is 12.9. The molecule has 0 spiro atoms. The summed E-state index contributed by atoms with van der Waals surface area (Å²) in [5.74, 6) is 0.143.